The van der Waals surface area contributed by atoms with Crippen LogP contribution >= 0.6 is 0 Å². The minimum Gasteiger partial charge on any atom is -0.495 e. The van der Waals surface area contributed by atoms with Crippen molar-refractivity contribution in [1.82, 2.24) is 29.6 Å². The Morgan fingerprint density at radius 2 is 1.89 bits per heavy atom. The number of halogens is 5. The Kier molecular flexibility index (Phi) is 7.02. The number of aromatic nitrogens is 5. The Bertz CT molecular complexity index is 1250. The molecular formula is C23H24F5N7O2. The zero-order chi connectivity index (χ0) is 27.0. The molecule has 1 aliphatic rings. The van der Waals surface area contributed by atoms with E-state index in [1.165, 1.54) is 18.0 Å². The molecule has 9 nitrogen and oxygen atoms in total. The lowest BCUT2D eigenvalue weighted by molar-refractivity contribution is -0.138. The van der Waals surface area contributed by atoms with E-state index >= 15 is 0 Å². The largest absolute Gasteiger partial charge is 0.495 e. The number of likely N-dealkylation sites (tertiary alicyclic amines) is 1. The van der Waals surface area contributed by atoms with Crippen LogP contribution in [0.2, 0.25) is 0 Å². The van der Waals surface area contributed by atoms with Crippen molar-refractivity contribution in [2.75, 3.05) is 25.5 Å². The van der Waals surface area contributed by atoms with Crippen LogP contribution in [0.4, 0.5) is 27.9 Å². The van der Waals surface area contributed by atoms with E-state index in [2.05, 4.69) is 25.4 Å². The Labute approximate surface area is 208 Å². The second-order valence-electron chi connectivity index (χ2n) is 8.86. The summed E-state index contributed by atoms with van der Waals surface area (Å²) in [7, 11) is 3.08. The third-order valence-electron chi connectivity index (χ3n) is 6.07. The number of nitrogens with one attached hydrogen (secondary N) is 1. The number of carbonyl (C=O) groups is 1. The molecule has 0 radical (unpaired) electrons. The van der Waals surface area contributed by atoms with Crippen LogP contribution in [0.15, 0.2) is 36.9 Å². The molecule has 3 aromatic heterocycles. The highest BCUT2D eigenvalue weighted by molar-refractivity contribution is 5.98. The second kappa shape index (κ2) is 9.90. The molecule has 1 amide bonds. The molecule has 1 fully saturated rings. The highest BCUT2D eigenvalue weighted by Gasteiger charge is 2.47. The number of rotatable bonds is 6. The van der Waals surface area contributed by atoms with Crippen molar-refractivity contribution in [3.8, 4) is 17.0 Å². The van der Waals surface area contributed by atoms with Gasteiger partial charge in [-0.05, 0) is 18.1 Å². The van der Waals surface area contributed by atoms with E-state index in [1.807, 2.05) is 0 Å². The molecule has 198 valence electrons. The molecule has 3 aromatic rings. The van der Waals surface area contributed by atoms with Crippen molar-refractivity contribution < 1.29 is 31.5 Å². The summed E-state index contributed by atoms with van der Waals surface area (Å²) in [5.74, 6) is -4.13. The number of alkyl halides is 5. The van der Waals surface area contributed by atoms with Crippen LogP contribution < -0.4 is 10.1 Å². The molecule has 14 heteroatoms. The minimum atomic E-state index is -4.59. The predicted molar refractivity (Wildman–Crippen MR) is 122 cm³/mol. The van der Waals surface area contributed by atoms with Gasteiger partial charge in [-0.25, -0.2) is 18.7 Å². The first-order valence-electron chi connectivity index (χ1n) is 11.2. The van der Waals surface area contributed by atoms with Crippen molar-refractivity contribution in [3.63, 3.8) is 0 Å². The van der Waals surface area contributed by atoms with E-state index in [1.54, 1.807) is 32.3 Å². The number of amides is 1. The van der Waals surface area contributed by atoms with Crippen molar-refractivity contribution >= 4 is 11.9 Å². The molecule has 0 spiro atoms. The summed E-state index contributed by atoms with van der Waals surface area (Å²) < 4.78 is 74.0. The number of hydrogen-bond acceptors (Lipinski definition) is 7. The summed E-state index contributed by atoms with van der Waals surface area (Å²) in [6.07, 6.45) is -0.782. The summed E-state index contributed by atoms with van der Waals surface area (Å²) in [5.41, 5.74) is -0.312. The molecule has 1 N–H and O–H groups in total. The molecule has 1 aliphatic heterocycles. The zero-order valence-electron chi connectivity index (χ0n) is 20.1. The van der Waals surface area contributed by atoms with E-state index in [0.29, 0.717) is 29.4 Å². The van der Waals surface area contributed by atoms with Gasteiger partial charge in [-0.1, -0.05) is 6.92 Å². The predicted octanol–water partition coefficient (Wildman–Crippen LogP) is 3.90. The van der Waals surface area contributed by atoms with E-state index in [-0.39, 0.29) is 18.2 Å². The highest BCUT2D eigenvalue weighted by atomic mass is 19.4. The lowest BCUT2D eigenvalue weighted by Gasteiger charge is -2.43. The van der Waals surface area contributed by atoms with Crippen LogP contribution in [-0.4, -0.2) is 67.7 Å². The molecule has 0 aliphatic carbocycles. The molecular weight excluding hydrogens is 501 g/mol. The molecule has 37 heavy (non-hydrogen) atoms. The van der Waals surface area contributed by atoms with E-state index in [0.717, 1.165) is 4.90 Å². The van der Waals surface area contributed by atoms with Gasteiger partial charge >= 0.3 is 6.18 Å². The fraction of sp³-hybridized carbons (Fsp3) is 0.435. The molecule has 0 saturated carbocycles. The number of pyridine rings is 1. The number of methoxy groups -OCH3 is 1. The quantitative estimate of drug-likeness (QED) is 0.488. The number of anilines is 1. The number of carbonyl (C=O) groups excluding carboxylic acids is 1. The summed E-state index contributed by atoms with van der Waals surface area (Å²) >= 11 is 0. The van der Waals surface area contributed by atoms with Crippen molar-refractivity contribution in [2.45, 2.75) is 31.5 Å². The van der Waals surface area contributed by atoms with Crippen molar-refractivity contribution in [1.29, 1.82) is 0 Å². The van der Waals surface area contributed by atoms with Gasteiger partial charge in [0.25, 0.3) is 11.8 Å². The van der Waals surface area contributed by atoms with Crippen LogP contribution in [0, 0.1) is 5.92 Å². The lowest BCUT2D eigenvalue weighted by atomic mass is 9.88. The molecule has 0 aromatic carbocycles. The first kappa shape index (κ1) is 26.2. The van der Waals surface area contributed by atoms with Crippen LogP contribution in [-0.2, 0) is 13.2 Å². The summed E-state index contributed by atoms with van der Waals surface area (Å²) in [5, 5.41) is 6.99. The van der Waals surface area contributed by atoms with Gasteiger partial charge in [-0.15, -0.1) is 0 Å². The standard InChI is InChI=1S/C23H24F5N7O2/c1-13-6-22(24,25)12-35(18(13)10-32-21-30-7-14(8-31-21)23(26,27)28)20(36)19-16(11-34(2)33-19)17-5-4-15(37-3)9-29-17/h4-5,7-9,11,13,18H,6,10,12H2,1-3H3,(H,30,31,32). The van der Waals surface area contributed by atoms with Crippen LogP contribution in [0.3, 0.4) is 0 Å². The number of hydrogen-bond donors (Lipinski definition) is 1. The molecule has 4 heterocycles. The topological polar surface area (TPSA) is 98.1 Å². The lowest BCUT2D eigenvalue weighted by Crippen LogP contribution is -2.57. The first-order valence-corrected chi connectivity index (χ1v) is 11.2. The SMILES string of the molecule is COc1ccc(-c2cn(C)nc2C(=O)N2CC(F)(F)CC(C)C2CNc2ncc(C(F)(F)F)cn2)nc1. The van der Waals surface area contributed by atoms with Crippen LogP contribution in [0.1, 0.15) is 29.4 Å². The maximum absolute atomic E-state index is 14.6. The average Bonchev–Trinajstić information content (AvgIpc) is 3.23. The summed E-state index contributed by atoms with van der Waals surface area (Å²) in [4.78, 5) is 26.2. The molecule has 2 atom stereocenters. The van der Waals surface area contributed by atoms with Gasteiger partial charge in [0.15, 0.2) is 5.69 Å². The maximum atomic E-state index is 14.6. The third-order valence-corrected chi connectivity index (χ3v) is 6.07. The minimum absolute atomic E-state index is 0.0548. The van der Waals surface area contributed by atoms with Gasteiger partial charge in [0.1, 0.15) is 5.75 Å². The van der Waals surface area contributed by atoms with Crippen LogP contribution in [0.25, 0.3) is 11.3 Å². The third kappa shape index (κ3) is 5.78. The maximum Gasteiger partial charge on any atom is 0.419 e. The number of aryl methyl sites for hydroxylation is 1. The zero-order valence-corrected chi connectivity index (χ0v) is 20.1. The molecule has 0 bridgehead atoms. The Balaban J connectivity index is 1.60. The van der Waals surface area contributed by atoms with Crippen molar-refractivity contribution in [3.05, 3.63) is 48.2 Å². The number of ether oxygens (including phenoxy) is 1. The van der Waals surface area contributed by atoms with Gasteiger partial charge in [0.2, 0.25) is 5.95 Å². The van der Waals surface area contributed by atoms with Crippen molar-refractivity contribution in [2.24, 2.45) is 13.0 Å². The molecule has 2 unspecified atom stereocenters. The summed E-state index contributed by atoms with van der Waals surface area (Å²) in [6, 6.07) is 2.54. The van der Waals surface area contributed by atoms with Gasteiger partial charge < -0.3 is 15.0 Å². The number of nitrogens with zero attached hydrogens (tertiary/aromatic N) is 6. The van der Waals surface area contributed by atoms with Crippen LogP contribution in [0.5, 0.6) is 5.75 Å². The Hall–Kier alpha value is -3.84. The fourth-order valence-electron chi connectivity index (χ4n) is 4.27. The average molecular weight is 525 g/mol. The van der Waals surface area contributed by atoms with E-state index < -0.39 is 48.5 Å². The van der Waals surface area contributed by atoms with E-state index in [4.69, 9.17) is 4.74 Å². The van der Waals surface area contributed by atoms with E-state index in [9.17, 15) is 26.7 Å². The van der Waals surface area contributed by atoms with Gasteiger partial charge in [-0.2, -0.15) is 18.3 Å². The molecule has 1 saturated heterocycles. The molecule has 4 rings (SSSR count). The smallest absolute Gasteiger partial charge is 0.419 e. The monoisotopic (exact) mass is 525 g/mol. The van der Waals surface area contributed by atoms with Gasteiger partial charge in [-0.3, -0.25) is 14.5 Å². The van der Waals surface area contributed by atoms with Gasteiger partial charge in [0.05, 0.1) is 42.7 Å². The Morgan fingerprint density at radius 3 is 2.49 bits per heavy atom. The normalized spacial score (nSPS) is 19.5. The fourth-order valence-corrected chi connectivity index (χ4v) is 4.27. The summed E-state index contributed by atoms with van der Waals surface area (Å²) in [6.45, 7) is 0.678. The first-order chi connectivity index (χ1) is 17.4. The number of piperidine rings is 1. The second-order valence-corrected chi connectivity index (χ2v) is 8.86. The highest BCUT2D eigenvalue weighted by Crippen LogP contribution is 2.36. The Morgan fingerprint density at radius 1 is 1.19 bits per heavy atom. The van der Waals surface area contributed by atoms with Gasteiger partial charge in [0, 0.05) is 38.6 Å².